The number of para-hydroxylation sites is 1. The molecule has 1 N–H and O–H groups in total. The smallest absolute Gasteiger partial charge is 0.265 e. The Balaban J connectivity index is 1.98. The number of nitrogens with one attached hydrogen (secondary N) is 1. The second-order valence-electron chi connectivity index (χ2n) is 4.19. The highest BCUT2D eigenvalue weighted by Crippen LogP contribution is 2.22. The average Bonchev–Trinajstić information content (AvgIpc) is 2.44. The number of ether oxygens (including phenoxy) is 1. The van der Waals surface area contributed by atoms with E-state index in [4.69, 9.17) is 4.74 Å². The van der Waals surface area contributed by atoms with Crippen molar-refractivity contribution in [1.29, 1.82) is 0 Å². The van der Waals surface area contributed by atoms with E-state index in [1.807, 2.05) is 18.2 Å². The lowest BCUT2D eigenvalue weighted by atomic mass is 10.3. The summed E-state index contributed by atoms with van der Waals surface area (Å²) in [5.74, 6) is -0.218. The van der Waals surface area contributed by atoms with E-state index in [2.05, 4.69) is 21.2 Å². The number of rotatable bonds is 4. The number of halogens is 2. The summed E-state index contributed by atoms with van der Waals surface area (Å²) in [6.45, 7) is 1.63. The maximum atomic E-state index is 13.1. The Morgan fingerprint density at radius 1 is 1.25 bits per heavy atom. The molecule has 3 nitrogen and oxygen atoms in total. The van der Waals surface area contributed by atoms with Gasteiger partial charge < -0.3 is 10.1 Å². The van der Waals surface area contributed by atoms with Crippen LogP contribution >= 0.6 is 15.9 Å². The van der Waals surface area contributed by atoms with E-state index in [-0.39, 0.29) is 11.7 Å². The van der Waals surface area contributed by atoms with Crippen molar-refractivity contribution in [2.75, 3.05) is 5.32 Å². The van der Waals surface area contributed by atoms with Gasteiger partial charge in [0, 0.05) is 5.69 Å². The third-order valence-corrected chi connectivity index (χ3v) is 3.22. The van der Waals surface area contributed by atoms with E-state index in [1.54, 1.807) is 19.1 Å². The predicted molar refractivity (Wildman–Crippen MR) is 79.3 cm³/mol. The Labute approximate surface area is 124 Å². The van der Waals surface area contributed by atoms with Crippen molar-refractivity contribution in [3.05, 3.63) is 58.8 Å². The van der Waals surface area contributed by atoms with Gasteiger partial charge in [-0.2, -0.15) is 0 Å². The van der Waals surface area contributed by atoms with Crippen LogP contribution in [0.2, 0.25) is 0 Å². The molecule has 0 bridgehead atoms. The van der Waals surface area contributed by atoms with Crippen LogP contribution < -0.4 is 10.1 Å². The highest BCUT2D eigenvalue weighted by molar-refractivity contribution is 9.10. The van der Waals surface area contributed by atoms with E-state index in [0.717, 1.165) is 0 Å². The van der Waals surface area contributed by atoms with E-state index < -0.39 is 6.10 Å². The van der Waals surface area contributed by atoms with Gasteiger partial charge in [0.2, 0.25) is 0 Å². The highest BCUT2D eigenvalue weighted by atomic mass is 79.9. The van der Waals surface area contributed by atoms with Crippen molar-refractivity contribution in [1.82, 2.24) is 0 Å². The third kappa shape index (κ3) is 3.81. The lowest BCUT2D eigenvalue weighted by Gasteiger charge is -2.15. The molecular weight excluding hydrogens is 325 g/mol. The van der Waals surface area contributed by atoms with Crippen molar-refractivity contribution >= 4 is 27.5 Å². The molecule has 0 aromatic heterocycles. The van der Waals surface area contributed by atoms with Crippen molar-refractivity contribution in [3.63, 3.8) is 0 Å². The molecule has 1 atom stereocenters. The zero-order valence-corrected chi connectivity index (χ0v) is 12.4. The van der Waals surface area contributed by atoms with E-state index in [0.29, 0.717) is 15.9 Å². The van der Waals surface area contributed by atoms with Gasteiger partial charge in [-0.3, -0.25) is 4.79 Å². The number of anilines is 1. The summed E-state index contributed by atoms with van der Waals surface area (Å²) >= 11 is 3.07. The van der Waals surface area contributed by atoms with Crippen LogP contribution in [0.1, 0.15) is 6.92 Å². The van der Waals surface area contributed by atoms with Crippen LogP contribution in [0.15, 0.2) is 53.0 Å². The van der Waals surface area contributed by atoms with Crippen molar-refractivity contribution < 1.29 is 13.9 Å². The Hall–Kier alpha value is -1.88. The molecule has 20 heavy (non-hydrogen) atoms. The van der Waals surface area contributed by atoms with Crippen molar-refractivity contribution in [2.45, 2.75) is 13.0 Å². The summed E-state index contributed by atoms with van der Waals surface area (Å²) in [6.07, 6.45) is -0.687. The molecule has 0 aliphatic rings. The van der Waals surface area contributed by atoms with Gasteiger partial charge in [0.15, 0.2) is 6.10 Å². The van der Waals surface area contributed by atoms with Crippen LogP contribution in [0.25, 0.3) is 0 Å². The van der Waals surface area contributed by atoms with Crippen LogP contribution in [0.3, 0.4) is 0 Å². The number of hydrogen-bond donors (Lipinski definition) is 1. The number of amides is 1. The Morgan fingerprint density at radius 2 is 1.95 bits per heavy atom. The molecule has 0 saturated carbocycles. The molecule has 5 heteroatoms. The standard InChI is InChI=1S/C15H13BrFNO2/c1-10(15(19)18-11-5-3-2-4-6-11)20-12-7-8-14(17)13(16)9-12/h2-10H,1H3,(H,18,19). The third-order valence-electron chi connectivity index (χ3n) is 2.61. The van der Waals surface area contributed by atoms with Crippen molar-refractivity contribution in [3.8, 4) is 5.75 Å². The average molecular weight is 338 g/mol. The normalized spacial score (nSPS) is 11.8. The fourth-order valence-corrected chi connectivity index (χ4v) is 1.93. The molecule has 2 rings (SSSR count). The zero-order valence-electron chi connectivity index (χ0n) is 10.8. The first-order valence-corrected chi connectivity index (χ1v) is 6.83. The van der Waals surface area contributed by atoms with Gasteiger partial charge >= 0.3 is 0 Å². The fourth-order valence-electron chi connectivity index (χ4n) is 1.57. The Morgan fingerprint density at radius 3 is 2.60 bits per heavy atom. The molecule has 0 saturated heterocycles. The number of benzene rings is 2. The molecule has 0 radical (unpaired) electrons. The predicted octanol–water partition coefficient (Wildman–Crippen LogP) is 3.99. The Bertz CT molecular complexity index is 604. The topological polar surface area (TPSA) is 38.3 Å². The Kier molecular flexibility index (Phi) is 4.74. The quantitative estimate of drug-likeness (QED) is 0.915. The molecule has 1 amide bonds. The van der Waals surface area contributed by atoms with Gasteiger partial charge in [0.05, 0.1) is 4.47 Å². The van der Waals surface area contributed by atoms with Crippen LogP contribution in [0, 0.1) is 5.82 Å². The molecule has 2 aromatic carbocycles. The summed E-state index contributed by atoms with van der Waals surface area (Å²) < 4.78 is 18.9. The lowest BCUT2D eigenvalue weighted by Crippen LogP contribution is -2.30. The minimum Gasteiger partial charge on any atom is -0.481 e. The van der Waals surface area contributed by atoms with Crippen LogP contribution in [-0.2, 0) is 4.79 Å². The van der Waals surface area contributed by atoms with Gasteiger partial charge in [0.1, 0.15) is 11.6 Å². The van der Waals surface area contributed by atoms with Gasteiger partial charge in [0.25, 0.3) is 5.91 Å². The zero-order chi connectivity index (χ0) is 14.5. The summed E-state index contributed by atoms with van der Waals surface area (Å²) in [7, 11) is 0. The van der Waals surface area contributed by atoms with Gasteiger partial charge in [-0.15, -0.1) is 0 Å². The summed E-state index contributed by atoms with van der Waals surface area (Å²) in [4.78, 5) is 11.9. The van der Waals surface area contributed by atoms with E-state index in [9.17, 15) is 9.18 Å². The summed E-state index contributed by atoms with van der Waals surface area (Å²) in [6, 6.07) is 13.4. The van der Waals surface area contributed by atoms with Crippen molar-refractivity contribution in [2.24, 2.45) is 0 Å². The maximum absolute atomic E-state index is 13.1. The second kappa shape index (κ2) is 6.52. The largest absolute Gasteiger partial charge is 0.481 e. The molecule has 2 aromatic rings. The lowest BCUT2D eigenvalue weighted by molar-refractivity contribution is -0.122. The first kappa shape index (κ1) is 14.5. The van der Waals surface area contributed by atoms with Crippen LogP contribution in [-0.4, -0.2) is 12.0 Å². The first-order chi connectivity index (χ1) is 9.56. The SMILES string of the molecule is CC(Oc1ccc(F)c(Br)c1)C(=O)Nc1ccccc1. The molecule has 0 fully saturated rings. The molecule has 0 spiro atoms. The summed E-state index contributed by atoms with van der Waals surface area (Å²) in [5.41, 5.74) is 0.702. The van der Waals surface area contributed by atoms with E-state index in [1.165, 1.54) is 18.2 Å². The van der Waals surface area contributed by atoms with Gasteiger partial charge in [-0.1, -0.05) is 18.2 Å². The second-order valence-corrected chi connectivity index (χ2v) is 5.05. The molecule has 0 heterocycles. The maximum Gasteiger partial charge on any atom is 0.265 e. The molecule has 0 aliphatic carbocycles. The molecular formula is C15H13BrFNO2. The molecule has 1 unspecified atom stereocenters. The molecule has 0 aliphatic heterocycles. The van der Waals surface area contributed by atoms with Crippen LogP contribution in [0.5, 0.6) is 5.75 Å². The number of hydrogen-bond acceptors (Lipinski definition) is 2. The minimum absolute atomic E-state index is 0.267. The first-order valence-electron chi connectivity index (χ1n) is 6.04. The molecule has 104 valence electrons. The van der Waals surface area contributed by atoms with E-state index >= 15 is 0 Å². The fraction of sp³-hybridized carbons (Fsp3) is 0.133. The number of carbonyl (C=O) groups is 1. The minimum atomic E-state index is -0.687. The van der Waals surface area contributed by atoms with Gasteiger partial charge in [-0.25, -0.2) is 4.39 Å². The van der Waals surface area contributed by atoms with Crippen LogP contribution in [0.4, 0.5) is 10.1 Å². The highest BCUT2D eigenvalue weighted by Gasteiger charge is 2.15. The van der Waals surface area contributed by atoms with Gasteiger partial charge in [-0.05, 0) is 53.2 Å². The monoisotopic (exact) mass is 337 g/mol. The number of carbonyl (C=O) groups excluding carboxylic acids is 1. The summed E-state index contributed by atoms with van der Waals surface area (Å²) in [5, 5.41) is 2.74.